The fraction of sp³-hybridized carbons (Fsp3) is 0.471. The second-order valence-corrected chi connectivity index (χ2v) is 10.8. The van der Waals surface area contributed by atoms with Crippen molar-refractivity contribution in [3.63, 3.8) is 0 Å². The third-order valence-corrected chi connectivity index (χ3v) is 7.58. The molecule has 0 radical (unpaired) electrons. The molecule has 10 nitrogen and oxygen atoms in total. The number of aromatic nitrogens is 1. The molecular weight excluding hydrogens is 560 g/mol. The first kappa shape index (κ1) is 32.7. The molecule has 1 aromatic carbocycles. The molecule has 1 N–H and O–H groups in total. The number of hydrogen-bond donors (Lipinski definition) is 1. The van der Waals surface area contributed by atoms with Crippen molar-refractivity contribution >= 4 is 29.5 Å². The van der Waals surface area contributed by atoms with Crippen LogP contribution in [0.25, 0.3) is 6.08 Å². The number of rotatable bonds is 12. The van der Waals surface area contributed by atoms with E-state index in [-0.39, 0.29) is 18.1 Å². The number of hydroxylamine groups is 1. The van der Waals surface area contributed by atoms with Crippen LogP contribution in [0.4, 0.5) is 5.69 Å². The van der Waals surface area contributed by atoms with Crippen LogP contribution in [0.1, 0.15) is 74.6 Å². The number of pyridine rings is 1. The van der Waals surface area contributed by atoms with E-state index in [9.17, 15) is 14.4 Å². The average molecular weight is 603 g/mol. The summed E-state index contributed by atoms with van der Waals surface area (Å²) in [6.45, 7) is 3.69. The fourth-order valence-electron chi connectivity index (χ4n) is 4.97. The van der Waals surface area contributed by atoms with Crippen LogP contribution in [-0.4, -0.2) is 73.9 Å². The van der Waals surface area contributed by atoms with E-state index < -0.39 is 5.97 Å². The van der Waals surface area contributed by atoms with Crippen LogP contribution in [0.15, 0.2) is 48.7 Å². The molecule has 2 amide bonds. The van der Waals surface area contributed by atoms with Crippen molar-refractivity contribution in [1.29, 1.82) is 0 Å². The van der Waals surface area contributed by atoms with Crippen molar-refractivity contribution in [3.05, 3.63) is 65.5 Å². The van der Waals surface area contributed by atoms with E-state index in [2.05, 4.69) is 44.1 Å². The normalized spacial score (nSPS) is 16.7. The SMILES string of the molecule is COC(=O)/C=C/c1ccc(C#Cc2ccc(N3CCN(C(=O)CCCCCCC(=O)NOC4CCCCO4)CC3)cc2)cn1. The third-order valence-electron chi connectivity index (χ3n) is 7.58. The topological polar surface area (TPSA) is 110 Å². The summed E-state index contributed by atoms with van der Waals surface area (Å²) < 4.78 is 10.0. The quantitative estimate of drug-likeness (QED) is 0.126. The lowest BCUT2D eigenvalue weighted by molar-refractivity contribution is -0.200. The van der Waals surface area contributed by atoms with E-state index in [1.165, 1.54) is 13.2 Å². The van der Waals surface area contributed by atoms with E-state index in [4.69, 9.17) is 9.57 Å². The van der Waals surface area contributed by atoms with Gasteiger partial charge in [-0.1, -0.05) is 24.7 Å². The Kier molecular flexibility index (Phi) is 13.2. The molecule has 0 saturated carbocycles. The summed E-state index contributed by atoms with van der Waals surface area (Å²) in [7, 11) is 1.33. The Morgan fingerprint density at radius 3 is 2.36 bits per heavy atom. The van der Waals surface area contributed by atoms with Gasteiger partial charge in [0.2, 0.25) is 11.8 Å². The summed E-state index contributed by atoms with van der Waals surface area (Å²) >= 11 is 0. The summed E-state index contributed by atoms with van der Waals surface area (Å²) in [4.78, 5) is 49.7. The summed E-state index contributed by atoms with van der Waals surface area (Å²) in [5, 5.41) is 0. The van der Waals surface area contributed by atoms with E-state index in [1.54, 1.807) is 18.3 Å². The molecule has 44 heavy (non-hydrogen) atoms. The zero-order chi connectivity index (χ0) is 31.0. The van der Waals surface area contributed by atoms with Gasteiger partial charge in [-0.2, -0.15) is 0 Å². The molecule has 2 aliphatic heterocycles. The molecule has 1 atom stereocenters. The molecule has 0 spiro atoms. The Bertz CT molecular complexity index is 1300. The largest absolute Gasteiger partial charge is 0.466 e. The highest BCUT2D eigenvalue weighted by Gasteiger charge is 2.21. The maximum Gasteiger partial charge on any atom is 0.330 e. The number of nitrogens with zero attached hydrogens (tertiary/aromatic N) is 3. The van der Waals surface area contributed by atoms with Crippen molar-refractivity contribution in [1.82, 2.24) is 15.4 Å². The molecule has 4 rings (SSSR count). The molecular formula is C34H42N4O6. The second-order valence-electron chi connectivity index (χ2n) is 10.8. The number of carbonyl (C=O) groups is 3. The van der Waals surface area contributed by atoms with Crippen LogP contribution in [0.3, 0.4) is 0 Å². The monoisotopic (exact) mass is 602 g/mol. The zero-order valence-electron chi connectivity index (χ0n) is 25.5. The zero-order valence-corrected chi connectivity index (χ0v) is 25.5. The lowest BCUT2D eigenvalue weighted by Gasteiger charge is -2.36. The molecule has 2 aromatic rings. The number of amides is 2. The minimum atomic E-state index is -0.426. The van der Waals surface area contributed by atoms with Crippen LogP contribution < -0.4 is 10.4 Å². The number of nitrogens with one attached hydrogen (secondary N) is 1. The van der Waals surface area contributed by atoms with Crippen molar-refractivity contribution in [2.24, 2.45) is 0 Å². The minimum Gasteiger partial charge on any atom is -0.466 e. The fourth-order valence-corrected chi connectivity index (χ4v) is 4.97. The molecule has 0 bridgehead atoms. The second kappa shape index (κ2) is 17.8. The van der Waals surface area contributed by atoms with Gasteiger partial charge in [0.15, 0.2) is 6.29 Å². The Hall–Kier alpha value is -4.20. The molecule has 2 fully saturated rings. The lowest BCUT2D eigenvalue weighted by Crippen LogP contribution is -2.48. The molecule has 2 aliphatic rings. The van der Waals surface area contributed by atoms with Crippen molar-refractivity contribution in [3.8, 4) is 11.8 Å². The van der Waals surface area contributed by atoms with E-state index >= 15 is 0 Å². The predicted octanol–water partition coefficient (Wildman–Crippen LogP) is 4.23. The van der Waals surface area contributed by atoms with Gasteiger partial charge in [-0.3, -0.25) is 14.6 Å². The van der Waals surface area contributed by atoms with Crippen molar-refractivity contribution in [2.75, 3.05) is 44.8 Å². The number of carbonyl (C=O) groups excluding carboxylic acids is 3. The number of piperazine rings is 1. The number of ether oxygens (including phenoxy) is 2. The molecule has 1 aromatic heterocycles. The van der Waals surface area contributed by atoms with Crippen LogP contribution in [-0.2, 0) is 28.7 Å². The van der Waals surface area contributed by atoms with Gasteiger partial charge in [-0.05, 0) is 68.2 Å². The first-order valence-electron chi connectivity index (χ1n) is 15.4. The number of methoxy groups -OCH3 is 1. The Morgan fingerprint density at radius 2 is 1.68 bits per heavy atom. The minimum absolute atomic E-state index is 0.122. The molecule has 234 valence electrons. The third kappa shape index (κ3) is 11.1. The van der Waals surface area contributed by atoms with Crippen LogP contribution in [0, 0.1) is 11.8 Å². The van der Waals surface area contributed by atoms with E-state index in [1.807, 2.05) is 23.1 Å². The number of benzene rings is 1. The predicted molar refractivity (Wildman–Crippen MR) is 167 cm³/mol. The highest BCUT2D eigenvalue weighted by atomic mass is 16.8. The Balaban J connectivity index is 1.09. The molecule has 0 aliphatic carbocycles. The van der Waals surface area contributed by atoms with Gasteiger partial charge in [0.25, 0.3) is 0 Å². The highest BCUT2D eigenvalue weighted by Crippen LogP contribution is 2.18. The number of unbranched alkanes of at least 4 members (excludes halogenated alkanes) is 3. The standard InChI is InChI=1S/C34H42N4O6/c1-42-33(41)20-17-29-16-13-28(26-35-29)12-11-27-14-18-30(19-15-27)37-21-23-38(24-22-37)32(40)9-5-3-2-4-8-31(39)36-44-34-10-6-7-25-43-34/h13-20,26,34H,2-10,21-25H2,1H3,(H,36,39)/b20-17+. The summed E-state index contributed by atoms with van der Waals surface area (Å²) in [6, 6.07) is 11.8. The van der Waals surface area contributed by atoms with Crippen molar-refractivity contribution < 1.29 is 28.7 Å². The average Bonchev–Trinajstić information content (AvgIpc) is 3.08. The van der Waals surface area contributed by atoms with Gasteiger partial charge in [-0.15, -0.1) is 0 Å². The highest BCUT2D eigenvalue weighted by molar-refractivity contribution is 5.86. The molecule has 1 unspecified atom stereocenters. The van der Waals surface area contributed by atoms with Gasteiger partial charge in [0, 0.05) is 81.1 Å². The van der Waals surface area contributed by atoms with Crippen molar-refractivity contribution in [2.45, 2.75) is 64.1 Å². The number of hydrogen-bond acceptors (Lipinski definition) is 8. The number of anilines is 1. The molecule has 2 saturated heterocycles. The molecule has 3 heterocycles. The Morgan fingerprint density at radius 1 is 0.955 bits per heavy atom. The summed E-state index contributed by atoms with van der Waals surface area (Å²) in [5.74, 6) is 5.94. The van der Waals surface area contributed by atoms with Gasteiger partial charge in [0.1, 0.15) is 0 Å². The van der Waals surface area contributed by atoms with Gasteiger partial charge >= 0.3 is 5.97 Å². The first-order chi connectivity index (χ1) is 21.5. The maximum absolute atomic E-state index is 12.7. The first-order valence-corrected chi connectivity index (χ1v) is 15.4. The van der Waals surface area contributed by atoms with E-state index in [0.29, 0.717) is 38.2 Å². The van der Waals surface area contributed by atoms with Gasteiger partial charge in [-0.25, -0.2) is 15.1 Å². The van der Waals surface area contributed by atoms with E-state index in [0.717, 1.165) is 74.8 Å². The molecule has 10 heteroatoms. The maximum atomic E-state index is 12.7. The number of esters is 1. The van der Waals surface area contributed by atoms with Crippen LogP contribution >= 0.6 is 0 Å². The van der Waals surface area contributed by atoms with Crippen LogP contribution in [0.2, 0.25) is 0 Å². The Labute approximate surface area is 259 Å². The van der Waals surface area contributed by atoms with Gasteiger partial charge < -0.3 is 19.3 Å². The summed E-state index contributed by atoms with van der Waals surface area (Å²) in [5.41, 5.74) is 5.95. The van der Waals surface area contributed by atoms with Crippen LogP contribution in [0.5, 0.6) is 0 Å². The summed E-state index contributed by atoms with van der Waals surface area (Å²) in [6.07, 6.45) is 11.6. The smallest absolute Gasteiger partial charge is 0.330 e. The lowest BCUT2D eigenvalue weighted by atomic mass is 10.1. The van der Waals surface area contributed by atoms with Gasteiger partial charge in [0.05, 0.1) is 12.8 Å².